The van der Waals surface area contributed by atoms with Crippen molar-refractivity contribution >= 4 is 11.8 Å². The van der Waals surface area contributed by atoms with E-state index in [1.807, 2.05) is 0 Å². The van der Waals surface area contributed by atoms with E-state index in [0.717, 1.165) is 6.04 Å². The summed E-state index contributed by atoms with van der Waals surface area (Å²) in [5, 5.41) is 3.55. The van der Waals surface area contributed by atoms with E-state index in [1.165, 1.54) is 63.0 Å². The molecule has 0 aromatic heterocycles. The number of nitrogens with zero attached hydrogens (tertiary/aromatic N) is 1. The van der Waals surface area contributed by atoms with Crippen LogP contribution in [0.4, 0.5) is 0 Å². The molecule has 2 atom stereocenters. The van der Waals surface area contributed by atoms with Crippen molar-refractivity contribution in [3.8, 4) is 0 Å². The zero-order valence-corrected chi connectivity index (χ0v) is 13.4. The SMILES string of the molecule is CCCCCCCCC(NC)C1CSCCN1C. The zero-order chi connectivity index (χ0) is 13.2. The van der Waals surface area contributed by atoms with E-state index in [-0.39, 0.29) is 0 Å². The first kappa shape index (κ1) is 16.3. The third-order valence-electron chi connectivity index (χ3n) is 4.15. The summed E-state index contributed by atoms with van der Waals surface area (Å²) in [6, 6.07) is 1.43. The summed E-state index contributed by atoms with van der Waals surface area (Å²) in [5.74, 6) is 2.61. The second-order valence-electron chi connectivity index (χ2n) is 5.57. The Hall–Kier alpha value is 0.270. The Labute approximate surface area is 118 Å². The monoisotopic (exact) mass is 272 g/mol. The highest BCUT2D eigenvalue weighted by atomic mass is 32.2. The summed E-state index contributed by atoms with van der Waals surface area (Å²) in [5.41, 5.74) is 0. The Morgan fingerprint density at radius 2 is 1.94 bits per heavy atom. The van der Waals surface area contributed by atoms with Gasteiger partial charge >= 0.3 is 0 Å². The van der Waals surface area contributed by atoms with E-state index in [2.05, 4.69) is 43.0 Å². The Balaban J connectivity index is 2.16. The number of hydrogen-bond donors (Lipinski definition) is 1. The zero-order valence-electron chi connectivity index (χ0n) is 12.6. The van der Waals surface area contributed by atoms with Crippen LogP contribution in [0.2, 0.25) is 0 Å². The molecule has 0 aliphatic carbocycles. The van der Waals surface area contributed by atoms with Crippen LogP contribution in [-0.4, -0.2) is 49.1 Å². The smallest absolute Gasteiger partial charge is 0.0337 e. The molecule has 2 nitrogen and oxygen atoms in total. The molecule has 2 unspecified atom stereocenters. The Morgan fingerprint density at radius 3 is 2.61 bits per heavy atom. The molecule has 0 amide bonds. The van der Waals surface area contributed by atoms with Crippen molar-refractivity contribution in [2.75, 3.05) is 32.1 Å². The first-order chi connectivity index (χ1) is 8.79. The predicted molar refractivity (Wildman–Crippen MR) is 84.6 cm³/mol. The Kier molecular flexibility index (Phi) is 9.16. The van der Waals surface area contributed by atoms with E-state index in [4.69, 9.17) is 0 Å². The highest BCUT2D eigenvalue weighted by molar-refractivity contribution is 7.99. The van der Waals surface area contributed by atoms with Crippen molar-refractivity contribution in [2.45, 2.75) is 64.0 Å². The fraction of sp³-hybridized carbons (Fsp3) is 1.00. The van der Waals surface area contributed by atoms with Gasteiger partial charge in [-0.15, -0.1) is 0 Å². The highest BCUT2D eigenvalue weighted by Gasteiger charge is 2.26. The quantitative estimate of drug-likeness (QED) is 0.648. The fourth-order valence-corrected chi connectivity index (χ4v) is 4.11. The number of unbranched alkanes of at least 4 members (excludes halogenated alkanes) is 5. The molecule has 1 fully saturated rings. The van der Waals surface area contributed by atoms with E-state index >= 15 is 0 Å². The molecule has 0 aromatic rings. The van der Waals surface area contributed by atoms with Crippen LogP contribution in [0.5, 0.6) is 0 Å². The van der Waals surface area contributed by atoms with Crippen LogP contribution >= 0.6 is 11.8 Å². The summed E-state index contributed by atoms with van der Waals surface area (Å²) in [4.78, 5) is 2.55. The molecular weight excluding hydrogens is 240 g/mol. The topological polar surface area (TPSA) is 15.3 Å². The van der Waals surface area contributed by atoms with E-state index in [9.17, 15) is 0 Å². The molecule has 1 saturated heterocycles. The molecule has 1 aliphatic heterocycles. The maximum Gasteiger partial charge on any atom is 0.0337 e. The van der Waals surface area contributed by atoms with Crippen molar-refractivity contribution in [1.82, 2.24) is 10.2 Å². The molecule has 0 aromatic carbocycles. The average molecular weight is 273 g/mol. The Bertz CT molecular complexity index is 199. The lowest BCUT2D eigenvalue weighted by atomic mass is 10.00. The van der Waals surface area contributed by atoms with Crippen molar-refractivity contribution in [2.24, 2.45) is 0 Å². The van der Waals surface area contributed by atoms with Crippen molar-refractivity contribution < 1.29 is 0 Å². The minimum Gasteiger partial charge on any atom is -0.315 e. The second kappa shape index (κ2) is 10.1. The normalized spacial score (nSPS) is 23.2. The third kappa shape index (κ3) is 5.94. The summed E-state index contributed by atoms with van der Waals surface area (Å²) >= 11 is 2.12. The number of rotatable bonds is 9. The maximum absolute atomic E-state index is 3.55. The molecule has 1 heterocycles. The number of hydrogen-bond acceptors (Lipinski definition) is 3. The molecule has 1 rings (SSSR count). The minimum absolute atomic E-state index is 0.689. The molecule has 0 spiro atoms. The lowest BCUT2D eigenvalue weighted by molar-refractivity contribution is 0.211. The van der Waals surface area contributed by atoms with Gasteiger partial charge in [-0.05, 0) is 20.5 Å². The molecule has 3 heteroatoms. The van der Waals surface area contributed by atoms with Gasteiger partial charge in [0.2, 0.25) is 0 Å². The minimum atomic E-state index is 0.689. The summed E-state index contributed by atoms with van der Waals surface area (Å²) in [6.07, 6.45) is 9.78. The fourth-order valence-electron chi connectivity index (χ4n) is 2.80. The first-order valence-electron chi connectivity index (χ1n) is 7.74. The van der Waals surface area contributed by atoms with Gasteiger partial charge in [-0.2, -0.15) is 11.8 Å². The lowest BCUT2D eigenvalue weighted by Gasteiger charge is -2.37. The van der Waals surface area contributed by atoms with Crippen LogP contribution in [0, 0.1) is 0 Å². The number of nitrogens with one attached hydrogen (secondary N) is 1. The standard InChI is InChI=1S/C15H32N2S/c1-4-5-6-7-8-9-10-14(16-2)15-13-18-12-11-17(15)3/h14-16H,4-13H2,1-3H3. The van der Waals surface area contributed by atoms with Gasteiger partial charge in [-0.3, -0.25) is 0 Å². The van der Waals surface area contributed by atoms with Crippen molar-refractivity contribution in [3.63, 3.8) is 0 Å². The predicted octanol–water partition coefficient (Wildman–Crippen LogP) is 3.37. The molecule has 0 bridgehead atoms. The summed E-state index contributed by atoms with van der Waals surface area (Å²) in [7, 11) is 4.42. The van der Waals surface area contributed by atoms with E-state index in [0.29, 0.717) is 6.04 Å². The largest absolute Gasteiger partial charge is 0.315 e. The van der Waals surface area contributed by atoms with Gasteiger partial charge in [0.25, 0.3) is 0 Å². The molecular formula is C15H32N2S. The second-order valence-corrected chi connectivity index (χ2v) is 6.72. The van der Waals surface area contributed by atoms with Gasteiger partial charge in [0.15, 0.2) is 0 Å². The molecule has 0 radical (unpaired) electrons. The van der Waals surface area contributed by atoms with Crippen LogP contribution < -0.4 is 5.32 Å². The Morgan fingerprint density at radius 1 is 1.22 bits per heavy atom. The van der Waals surface area contributed by atoms with Gasteiger partial charge in [0.1, 0.15) is 0 Å². The molecule has 108 valence electrons. The van der Waals surface area contributed by atoms with Crippen LogP contribution in [-0.2, 0) is 0 Å². The van der Waals surface area contributed by atoms with Crippen molar-refractivity contribution in [3.05, 3.63) is 0 Å². The molecule has 1 aliphatic rings. The number of thioether (sulfide) groups is 1. The lowest BCUT2D eigenvalue weighted by Crippen LogP contribution is -2.51. The van der Waals surface area contributed by atoms with E-state index < -0.39 is 0 Å². The van der Waals surface area contributed by atoms with Crippen LogP contribution in [0.25, 0.3) is 0 Å². The van der Waals surface area contributed by atoms with Crippen LogP contribution in [0.15, 0.2) is 0 Å². The van der Waals surface area contributed by atoms with Gasteiger partial charge in [0, 0.05) is 30.1 Å². The van der Waals surface area contributed by atoms with Gasteiger partial charge in [0.05, 0.1) is 0 Å². The average Bonchev–Trinajstić information content (AvgIpc) is 2.39. The van der Waals surface area contributed by atoms with Gasteiger partial charge in [-0.1, -0.05) is 45.4 Å². The molecule has 0 saturated carbocycles. The maximum atomic E-state index is 3.55. The highest BCUT2D eigenvalue weighted by Crippen LogP contribution is 2.20. The van der Waals surface area contributed by atoms with Crippen LogP contribution in [0.1, 0.15) is 51.9 Å². The van der Waals surface area contributed by atoms with E-state index in [1.54, 1.807) is 0 Å². The third-order valence-corrected chi connectivity index (χ3v) is 5.20. The molecule has 1 N–H and O–H groups in total. The summed E-state index contributed by atoms with van der Waals surface area (Å²) in [6.45, 7) is 3.54. The number of likely N-dealkylation sites (N-methyl/N-ethyl adjacent to an activating group) is 2. The van der Waals surface area contributed by atoms with Gasteiger partial charge in [-0.25, -0.2) is 0 Å². The van der Waals surface area contributed by atoms with Crippen molar-refractivity contribution in [1.29, 1.82) is 0 Å². The summed E-state index contributed by atoms with van der Waals surface area (Å²) < 4.78 is 0. The molecule has 18 heavy (non-hydrogen) atoms. The first-order valence-corrected chi connectivity index (χ1v) is 8.90. The van der Waals surface area contributed by atoms with Crippen LogP contribution in [0.3, 0.4) is 0 Å². The van der Waals surface area contributed by atoms with Gasteiger partial charge < -0.3 is 10.2 Å².